The second kappa shape index (κ2) is 10.4. The molecule has 0 aromatic carbocycles. The first kappa shape index (κ1) is 21.5. The number of nitrogens with zero attached hydrogens (tertiary/aromatic N) is 2. The lowest BCUT2D eigenvalue weighted by molar-refractivity contribution is -0.122. The molecule has 1 amide bonds. The zero-order valence-corrected chi connectivity index (χ0v) is 16.4. The SMILES string of the molecule is Cl.Cl.N[C@@H]1CCC[C@H]1CC(=O)NCCc1csc(N2CCCC2)n1. The summed E-state index contributed by atoms with van der Waals surface area (Å²) in [6.07, 6.45) is 7.26. The molecule has 0 spiro atoms. The Morgan fingerprint density at radius 1 is 1.29 bits per heavy atom. The minimum absolute atomic E-state index is 0. The molecule has 1 saturated heterocycles. The Kier molecular flexibility index (Phi) is 9.34. The molecule has 3 rings (SSSR count). The highest BCUT2D eigenvalue weighted by Crippen LogP contribution is 2.27. The zero-order chi connectivity index (χ0) is 15.4. The van der Waals surface area contributed by atoms with Crippen molar-refractivity contribution >= 4 is 47.2 Å². The molecule has 2 atom stereocenters. The standard InChI is InChI=1S/C16H26N4OS.2ClH/c17-14-5-3-4-12(14)10-15(21)18-7-6-13-11-22-16(19-13)20-8-1-2-9-20;;/h11-12,14H,1-10,17H2,(H,18,21);2*1H/t12-,14+;;/m0../s1. The molecule has 1 aromatic rings. The van der Waals surface area contributed by atoms with Gasteiger partial charge in [-0.2, -0.15) is 0 Å². The van der Waals surface area contributed by atoms with Crippen LogP contribution in [0.25, 0.3) is 0 Å². The van der Waals surface area contributed by atoms with Gasteiger partial charge in [0.25, 0.3) is 0 Å². The van der Waals surface area contributed by atoms with Crippen molar-refractivity contribution in [2.75, 3.05) is 24.5 Å². The van der Waals surface area contributed by atoms with Crippen LogP contribution in [0.1, 0.15) is 44.2 Å². The lowest BCUT2D eigenvalue weighted by atomic mass is 10.00. The van der Waals surface area contributed by atoms with Crippen molar-refractivity contribution in [2.24, 2.45) is 11.7 Å². The molecule has 1 saturated carbocycles. The van der Waals surface area contributed by atoms with Gasteiger partial charge in [0, 0.05) is 43.9 Å². The van der Waals surface area contributed by atoms with E-state index in [1.807, 2.05) is 0 Å². The third-order valence-electron chi connectivity index (χ3n) is 4.78. The summed E-state index contributed by atoms with van der Waals surface area (Å²) >= 11 is 1.72. The smallest absolute Gasteiger partial charge is 0.220 e. The molecule has 1 aliphatic heterocycles. The Morgan fingerprint density at radius 2 is 2.04 bits per heavy atom. The van der Waals surface area contributed by atoms with Gasteiger partial charge in [-0.05, 0) is 31.6 Å². The first-order valence-electron chi connectivity index (χ1n) is 8.44. The fourth-order valence-corrected chi connectivity index (χ4v) is 4.34. The number of nitrogens with one attached hydrogen (secondary N) is 1. The Balaban J connectivity index is 0.00000144. The number of hydrogen-bond acceptors (Lipinski definition) is 5. The van der Waals surface area contributed by atoms with Crippen LogP contribution in [0.4, 0.5) is 5.13 Å². The summed E-state index contributed by atoms with van der Waals surface area (Å²) in [6, 6.07) is 0.215. The highest BCUT2D eigenvalue weighted by atomic mass is 35.5. The van der Waals surface area contributed by atoms with Gasteiger partial charge in [-0.3, -0.25) is 4.79 Å². The van der Waals surface area contributed by atoms with Crippen LogP contribution in [0.15, 0.2) is 5.38 Å². The van der Waals surface area contributed by atoms with Gasteiger partial charge in [0.1, 0.15) is 0 Å². The minimum atomic E-state index is 0. The predicted octanol–water partition coefficient (Wildman–Crippen LogP) is 2.76. The van der Waals surface area contributed by atoms with Crippen molar-refractivity contribution in [1.29, 1.82) is 0 Å². The summed E-state index contributed by atoms with van der Waals surface area (Å²) < 4.78 is 0. The highest BCUT2D eigenvalue weighted by molar-refractivity contribution is 7.13. The third kappa shape index (κ3) is 5.76. The lowest BCUT2D eigenvalue weighted by Gasteiger charge is -2.14. The summed E-state index contributed by atoms with van der Waals surface area (Å²) in [5, 5.41) is 6.27. The lowest BCUT2D eigenvalue weighted by Crippen LogP contribution is -2.32. The van der Waals surface area contributed by atoms with E-state index < -0.39 is 0 Å². The van der Waals surface area contributed by atoms with Crippen LogP contribution in [-0.2, 0) is 11.2 Å². The Hall–Kier alpha value is -0.560. The fraction of sp³-hybridized carbons (Fsp3) is 0.750. The molecule has 1 aromatic heterocycles. The van der Waals surface area contributed by atoms with E-state index in [9.17, 15) is 4.79 Å². The van der Waals surface area contributed by atoms with Crippen LogP contribution in [0, 0.1) is 5.92 Å². The summed E-state index contributed by atoms with van der Waals surface area (Å²) in [5.41, 5.74) is 7.10. The maximum Gasteiger partial charge on any atom is 0.220 e. The average Bonchev–Trinajstić information content (AvgIpc) is 3.21. The van der Waals surface area contributed by atoms with E-state index in [-0.39, 0.29) is 36.8 Å². The van der Waals surface area contributed by atoms with Crippen molar-refractivity contribution in [2.45, 2.75) is 51.0 Å². The molecule has 8 heteroatoms. The van der Waals surface area contributed by atoms with Crippen LogP contribution in [0.5, 0.6) is 0 Å². The maximum atomic E-state index is 12.0. The maximum absolute atomic E-state index is 12.0. The number of hydrogen-bond donors (Lipinski definition) is 2. The normalized spacial score (nSPS) is 22.8. The van der Waals surface area contributed by atoms with Crippen molar-refractivity contribution in [1.82, 2.24) is 10.3 Å². The number of nitrogens with two attached hydrogens (primary N) is 1. The molecule has 2 aliphatic rings. The fourth-order valence-electron chi connectivity index (χ4n) is 3.42. The van der Waals surface area contributed by atoms with E-state index in [2.05, 4.69) is 20.6 Å². The Bertz CT molecular complexity index is 508. The molecule has 1 aliphatic carbocycles. The summed E-state index contributed by atoms with van der Waals surface area (Å²) in [4.78, 5) is 19.0. The van der Waals surface area contributed by atoms with E-state index in [0.29, 0.717) is 18.9 Å². The number of carbonyl (C=O) groups is 1. The second-order valence-corrected chi connectivity index (χ2v) is 7.31. The van der Waals surface area contributed by atoms with Crippen LogP contribution >= 0.6 is 36.2 Å². The van der Waals surface area contributed by atoms with Crippen molar-refractivity contribution in [3.63, 3.8) is 0 Å². The monoisotopic (exact) mass is 394 g/mol. The molecule has 5 nitrogen and oxygen atoms in total. The van der Waals surface area contributed by atoms with E-state index >= 15 is 0 Å². The summed E-state index contributed by atoms with van der Waals surface area (Å²) in [5.74, 6) is 0.512. The number of halogens is 2. The number of thiazole rings is 1. The van der Waals surface area contributed by atoms with E-state index in [1.165, 1.54) is 12.8 Å². The predicted molar refractivity (Wildman–Crippen MR) is 105 cm³/mol. The molecule has 2 fully saturated rings. The third-order valence-corrected chi connectivity index (χ3v) is 5.74. The summed E-state index contributed by atoms with van der Waals surface area (Å²) in [7, 11) is 0. The molecular formula is C16H28Cl2N4OS. The quantitative estimate of drug-likeness (QED) is 0.777. The number of anilines is 1. The van der Waals surface area contributed by atoms with Crippen LogP contribution in [-0.4, -0.2) is 36.6 Å². The van der Waals surface area contributed by atoms with Crippen LogP contribution in [0.3, 0.4) is 0 Å². The largest absolute Gasteiger partial charge is 0.356 e. The molecule has 3 N–H and O–H groups in total. The van der Waals surface area contributed by atoms with E-state index in [0.717, 1.165) is 49.6 Å². The van der Waals surface area contributed by atoms with Crippen molar-refractivity contribution in [3.05, 3.63) is 11.1 Å². The van der Waals surface area contributed by atoms with Gasteiger partial charge < -0.3 is 16.0 Å². The van der Waals surface area contributed by atoms with Crippen molar-refractivity contribution < 1.29 is 4.79 Å². The van der Waals surface area contributed by atoms with Gasteiger partial charge in [0.15, 0.2) is 5.13 Å². The number of amides is 1. The van der Waals surface area contributed by atoms with Crippen LogP contribution < -0.4 is 16.0 Å². The van der Waals surface area contributed by atoms with Crippen LogP contribution in [0.2, 0.25) is 0 Å². The molecule has 0 radical (unpaired) electrons. The molecular weight excluding hydrogens is 367 g/mol. The van der Waals surface area contributed by atoms with E-state index in [4.69, 9.17) is 5.73 Å². The van der Waals surface area contributed by atoms with Gasteiger partial charge in [-0.25, -0.2) is 4.98 Å². The van der Waals surface area contributed by atoms with E-state index in [1.54, 1.807) is 11.3 Å². The molecule has 2 heterocycles. The van der Waals surface area contributed by atoms with Gasteiger partial charge in [-0.1, -0.05) is 6.42 Å². The summed E-state index contributed by atoms with van der Waals surface area (Å²) in [6.45, 7) is 2.93. The topological polar surface area (TPSA) is 71.2 Å². The highest BCUT2D eigenvalue weighted by Gasteiger charge is 2.25. The van der Waals surface area contributed by atoms with Gasteiger partial charge in [-0.15, -0.1) is 36.2 Å². The van der Waals surface area contributed by atoms with Gasteiger partial charge in [0.2, 0.25) is 5.91 Å². The second-order valence-electron chi connectivity index (χ2n) is 6.47. The molecule has 138 valence electrons. The van der Waals surface area contributed by atoms with Gasteiger partial charge in [0.05, 0.1) is 5.69 Å². The molecule has 24 heavy (non-hydrogen) atoms. The Morgan fingerprint density at radius 3 is 2.71 bits per heavy atom. The zero-order valence-electron chi connectivity index (χ0n) is 13.9. The molecule has 0 unspecified atom stereocenters. The number of aromatic nitrogens is 1. The molecule has 0 bridgehead atoms. The Labute approximate surface area is 160 Å². The average molecular weight is 395 g/mol. The van der Waals surface area contributed by atoms with Crippen molar-refractivity contribution in [3.8, 4) is 0 Å². The first-order valence-corrected chi connectivity index (χ1v) is 9.32. The number of carbonyl (C=O) groups excluding carboxylic acids is 1. The first-order chi connectivity index (χ1) is 10.7. The minimum Gasteiger partial charge on any atom is -0.356 e. The van der Waals surface area contributed by atoms with Gasteiger partial charge >= 0.3 is 0 Å². The number of rotatable bonds is 6.